The molecular formula is C54H105NO3. The third kappa shape index (κ3) is 45.9. The van der Waals surface area contributed by atoms with Crippen molar-refractivity contribution in [3.63, 3.8) is 0 Å². The van der Waals surface area contributed by atoms with E-state index >= 15 is 0 Å². The summed E-state index contributed by atoms with van der Waals surface area (Å²) in [6.07, 6.45) is 65.7. The summed E-state index contributed by atoms with van der Waals surface area (Å²) in [5, 5.41) is 23.3. The number of hydrogen-bond donors (Lipinski definition) is 3. The van der Waals surface area contributed by atoms with Crippen molar-refractivity contribution >= 4 is 5.91 Å². The lowest BCUT2D eigenvalue weighted by Gasteiger charge is -2.22. The van der Waals surface area contributed by atoms with Crippen LogP contribution >= 0.6 is 0 Å². The zero-order chi connectivity index (χ0) is 42.1. The lowest BCUT2D eigenvalue weighted by molar-refractivity contribution is -0.123. The van der Waals surface area contributed by atoms with E-state index in [0.29, 0.717) is 12.8 Å². The Hall–Kier alpha value is -1.13. The van der Waals surface area contributed by atoms with Crippen molar-refractivity contribution in [3.05, 3.63) is 24.3 Å². The highest BCUT2D eigenvalue weighted by Gasteiger charge is 2.20. The molecule has 0 saturated carbocycles. The first-order chi connectivity index (χ1) is 28.7. The molecule has 0 aliphatic carbocycles. The SMILES string of the molecule is CCCCCCC/C=C\C/C=C\CCCCCCCCCCCCCCCC(=O)NC(CO)C(O)CCCCCCCCCCCCCCCCCCCCCCC. The van der Waals surface area contributed by atoms with Crippen molar-refractivity contribution in [1.29, 1.82) is 0 Å². The summed E-state index contributed by atoms with van der Waals surface area (Å²) < 4.78 is 0. The highest BCUT2D eigenvalue weighted by Crippen LogP contribution is 2.17. The molecule has 2 unspecified atom stereocenters. The topological polar surface area (TPSA) is 69.6 Å². The third-order valence-electron chi connectivity index (χ3n) is 12.5. The molecule has 58 heavy (non-hydrogen) atoms. The molecule has 1 amide bonds. The molecule has 0 radical (unpaired) electrons. The van der Waals surface area contributed by atoms with E-state index < -0.39 is 12.1 Å². The van der Waals surface area contributed by atoms with Gasteiger partial charge in [-0.25, -0.2) is 0 Å². The third-order valence-corrected chi connectivity index (χ3v) is 12.5. The van der Waals surface area contributed by atoms with Gasteiger partial charge in [0.15, 0.2) is 0 Å². The number of unbranched alkanes of at least 4 members (excludes halogenated alkanes) is 38. The number of carbonyl (C=O) groups excluding carboxylic acids is 1. The van der Waals surface area contributed by atoms with Crippen LogP contribution in [0.5, 0.6) is 0 Å². The minimum Gasteiger partial charge on any atom is -0.394 e. The first kappa shape index (κ1) is 56.9. The van der Waals surface area contributed by atoms with Crippen LogP contribution in [0.2, 0.25) is 0 Å². The Balaban J connectivity index is 3.45. The molecule has 0 rings (SSSR count). The van der Waals surface area contributed by atoms with E-state index in [1.165, 1.54) is 238 Å². The zero-order valence-corrected chi connectivity index (χ0v) is 39.6. The Kier molecular flexibility index (Phi) is 49.2. The molecule has 0 aromatic rings. The van der Waals surface area contributed by atoms with E-state index in [4.69, 9.17) is 0 Å². The van der Waals surface area contributed by atoms with Crippen LogP contribution < -0.4 is 5.32 Å². The second-order valence-corrected chi connectivity index (χ2v) is 18.3. The van der Waals surface area contributed by atoms with Gasteiger partial charge in [-0.2, -0.15) is 0 Å². The molecular weight excluding hydrogens is 711 g/mol. The molecule has 4 heteroatoms. The summed E-state index contributed by atoms with van der Waals surface area (Å²) in [6, 6.07) is -0.535. The van der Waals surface area contributed by atoms with E-state index in [-0.39, 0.29) is 12.5 Å². The molecule has 0 heterocycles. The van der Waals surface area contributed by atoms with Crippen LogP contribution in [-0.4, -0.2) is 34.9 Å². The van der Waals surface area contributed by atoms with Crippen LogP contribution in [0.3, 0.4) is 0 Å². The fraction of sp³-hybridized carbons (Fsp3) is 0.907. The van der Waals surface area contributed by atoms with Gasteiger partial charge in [-0.05, 0) is 44.9 Å². The average Bonchev–Trinajstić information content (AvgIpc) is 3.23. The maximum Gasteiger partial charge on any atom is 0.220 e. The second kappa shape index (κ2) is 50.2. The summed E-state index contributed by atoms with van der Waals surface area (Å²) in [5.41, 5.74) is 0. The van der Waals surface area contributed by atoms with Gasteiger partial charge in [0.1, 0.15) is 0 Å². The number of aliphatic hydroxyl groups is 2. The van der Waals surface area contributed by atoms with Crippen molar-refractivity contribution in [3.8, 4) is 0 Å². The quantitative estimate of drug-likeness (QED) is 0.0423. The molecule has 0 saturated heterocycles. The second-order valence-electron chi connectivity index (χ2n) is 18.3. The van der Waals surface area contributed by atoms with Crippen LogP contribution in [-0.2, 0) is 4.79 Å². The van der Waals surface area contributed by atoms with Crippen molar-refractivity contribution in [2.45, 2.75) is 309 Å². The molecule has 2 atom stereocenters. The van der Waals surface area contributed by atoms with E-state index in [9.17, 15) is 15.0 Å². The minimum absolute atomic E-state index is 0.0279. The van der Waals surface area contributed by atoms with Crippen LogP contribution in [0, 0.1) is 0 Å². The first-order valence-electron chi connectivity index (χ1n) is 26.5. The summed E-state index contributed by atoms with van der Waals surface area (Å²) in [4.78, 5) is 12.5. The predicted molar refractivity (Wildman–Crippen MR) is 258 cm³/mol. The monoisotopic (exact) mass is 816 g/mol. The predicted octanol–water partition coefficient (Wildman–Crippen LogP) is 17.1. The number of amides is 1. The van der Waals surface area contributed by atoms with E-state index in [0.717, 1.165) is 32.1 Å². The lowest BCUT2D eigenvalue weighted by Crippen LogP contribution is -2.45. The Morgan fingerprint density at radius 2 is 0.707 bits per heavy atom. The van der Waals surface area contributed by atoms with Gasteiger partial charge < -0.3 is 15.5 Å². The molecule has 0 bridgehead atoms. The minimum atomic E-state index is -0.659. The number of carbonyl (C=O) groups is 1. The van der Waals surface area contributed by atoms with E-state index in [1.807, 2.05) is 0 Å². The maximum absolute atomic E-state index is 12.5. The van der Waals surface area contributed by atoms with Gasteiger partial charge in [-0.15, -0.1) is 0 Å². The Labute approximate surface area is 364 Å². The number of hydrogen-bond acceptors (Lipinski definition) is 3. The van der Waals surface area contributed by atoms with Crippen molar-refractivity contribution in [1.82, 2.24) is 5.32 Å². The van der Waals surface area contributed by atoms with Gasteiger partial charge in [-0.1, -0.05) is 269 Å². The molecule has 0 aromatic carbocycles. The maximum atomic E-state index is 12.5. The van der Waals surface area contributed by atoms with Crippen LogP contribution in [0.4, 0.5) is 0 Å². The summed E-state index contributed by atoms with van der Waals surface area (Å²) in [5.74, 6) is -0.0279. The first-order valence-corrected chi connectivity index (χ1v) is 26.5. The number of allylic oxidation sites excluding steroid dienone is 4. The molecule has 344 valence electrons. The van der Waals surface area contributed by atoms with Gasteiger partial charge in [0, 0.05) is 6.42 Å². The molecule has 4 nitrogen and oxygen atoms in total. The van der Waals surface area contributed by atoms with Gasteiger partial charge in [0.05, 0.1) is 18.8 Å². The van der Waals surface area contributed by atoms with Crippen LogP contribution in [0.15, 0.2) is 24.3 Å². The van der Waals surface area contributed by atoms with Gasteiger partial charge >= 0.3 is 0 Å². The van der Waals surface area contributed by atoms with Crippen molar-refractivity contribution < 1.29 is 15.0 Å². The lowest BCUT2D eigenvalue weighted by atomic mass is 10.0. The van der Waals surface area contributed by atoms with Gasteiger partial charge in [0.2, 0.25) is 5.91 Å². The molecule has 3 N–H and O–H groups in total. The summed E-state index contributed by atoms with van der Waals surface area (Å²) in [6.45, 7) is 4.38. The average molecular weight is 816 g/mol. The number of rotatable bonds is 49. The fourth-order valence-corrected chi connectivity index (χ4v) is 8.39. The van der Waals surface area contributed by atoms with Crippen LogP contribution in [0.1, 0.15) is 296 Å². The molecule has 0 aliphatic rings. The molecule has 0 fully saturated rings. The normalized spacial score (nSPS) is 13.0. The number of aliphatic hydroxyl groups excluding tert-OH is 2. The van der Waals surface area contributed by atoms with Crippen molar-refractivity contribution in [2.24, 2.45) is 0 Å². The van der Waals surface area contributed by atoms with Gasteiger partial charge in [-0.3, -0.25) is 4.79 Å². The summed E-state index contributed by atoms with van der Waals surface area (Å²) in [7, 11) is 0. The van der Waals surface area contributed by atoms with Crippen molar-refractivity contribution in [2.75, 3.05) is 6.61 Å². The smallest absolute Gasteiger partial charge is 0.220 e. The fourth-order valence-electron chi connectivity index (χ4n) is 8.39. The molecule has 0 aromatic heterocycles. The van der Waals surface area contributed by atoms with Gasteiger partial charge in [0.25, 0.3) is 0 Å². The molecule has 0 spiro atoms. The van der Waals surface area contributed by atoms with E-state index in [1.54, 1.807) is 0 Å². The summed E-state index contributed by atoms with van der Waals surface area (Å²) >= 11 is 0. The largest absolute Gasteiger partial charge is 0.394 e. The molecule has 0 aliphatic heterocycles. The Morgan fingerprint density at radius 1 is 0.414 bits per heavy atom. The number of nitrogens with one attached hydrogen (secondary N) is 1. The standard InChI is InChI=1S/C54H105NO3/c1-3-5-7-9-11-13-15-17-19-21-23-25-26-27-28-30-32-34-36-38-40-42-44-46-48-50-54(58)55-52(51-56)53(57)49-47-45-43-41-39-37-35-33-31-29-24-22-20-18-16-14-12-10-8-6-4-2/h15,17,21,23,52-53,56-57H,3-14,16,18-20,22,24-51H2,1-2H3,(H,55,58)/b17-15-,23-21-. The van der Waals surface area contributed by atoms with Crippen LogP contribution in [0.25, 0.3) is 0 Å². The Morgan fingerprint density at radius 3 is 1.03 bits per heavy atom. The van der Waals surface area contributed by atoms with E-state index in [2.05, 4.69) is 43.5 Å². The highest BCUT2D eigenvalue weighted by molar-refractivity contribution is 5.76. The zero-order valence-electron chi connectivity index (χ0n) is 39.6. The highest BCUT2D eigenvalue weighted by atomic mass is 16.3. The Bertz CT molecular complexity index is 840.